The Bertz CT molecular complexity index is 946. The van der Waals surface area contributed by atoms with Crippen molar-refractivity contribution in [2.45, 2.75) is 38.8 Å². The largest absolute Gasteiger partial charge is 0.497 e. The van der Waals surface area contributed by atoms with Crippen LogP contribution in [0.15, 0.2) is 36.5 Å². The number of fused-ring (bicyclic) bond motifs is 1. The van der Waals surface area contributed by atoms with E-state index in [2.05, 4.69) is 29.6 Å². The molecule has 0 fully saturated rings. The maximum absolute atomic E-state index is 10.8. The number of methoxy groups -OCH3 is 1. The number of aromatic nitrogens is 3. The quantitative estimate of drug-likeness (QED) is 0.308. The van der Waals surface area contributed by atoms with Crippen LogP contribution in [0.25, 0.3) is 22.4 Å². The molecule has 0 atom stereocenters. The Kier molecular flexibility index (Phi) is 6.26. The molecule has 28 heavy (non-hydrogen) atoms. The topological polar surface area (TPSA) is 66.2 Å². The second-order valence-corrected chi connectivity index (χ2v) is 13.6. The van der Waals surface area contributed by atoms with E-state index in [9.17, 15) is 4.79 Å². The van der Waals surface area contributed by atoms with Gasteiger partial charge in [-0.1, -0.05) is 19.6 Å². The summed E-state index contributed by atoms with van der Waals surface area (Å²) >= 11 is 0. The van der Waals surface area contributed by atoms with Crippen LogP contribution in [0.5, 0.6) is 5.75 Å². The number of aldehydes is 1. The maximum atomic E-state index is 10.8. The van der Waals surface area contributed by atoms with Crippen LogP contribution in [0.4, 0.5) is 0 Å². The van der Waals surface area contributed by atoms with Crippen molar-refractivity contribution in [2.75, 3.05) is 13.7 Å². The molecule has 0 unspecified atom stereocenters. The first-order valence-electron chi connectivity index (χ1n) is 9.42. The molecular weight excluding hydrogens is 370 g/mol. The molecule has 0 radical (unpaired) electrons. The molecular formula is C21H27N3O3Si. The van der Waals surface area contributed by atoms with Crippen molar-refractivity contribution in [1.82, 2.24) is 14.5 Å². The number of carbonyl (C=O) groups excluding carboxylic acids is 1. The molecule has 148 valence electrons. The highest BCUT2D eigenvalue weighted by atomic mass is 28.3. The van der Waals surface area contributed by atoms with Crippen molar-refractivity contribution in [2.24, 2.45) is 0 Å². The van der Waals surface area contributed by atoms with Gasteiger partial charge in [0.05, 0.1) is 24.7 Å². The van der Waals surface area contributed by atoms with Crippen molar-refractivity contribution >= 4 is 25.5 Å². The van der Waals surface area contributed by atoms with E-state index in [-0.39, 0.29) is 6.42 Å². The molecule has 0 N–H and O–H groups in total. The first-order chi connectivity index (χ1) is 13.4. The fourth-order valence-electron chi connectivity index (χ4n) is 2.91. The predicted octanol–water partition coefficient (Wildman–Crippen LogP) is 4.16. The Morgan fingerprint density at radius 3 is 2.57 bits per heavy atom. The lowest BCUT2D eigenvalue weighted by molar-refractivity contribution is -0.107. The average molecular weight is 398 g/mol. The minimum atomic E-state index is -1.15. The molecule has 1 aromatic carbocycles. The number of hydrogen-bond donors (Lipinski definition) is 0. The summed E-state index contributed by atoms with van der Waals surface area (Å²) < 4.78 is 13.3. The number of hydrogen-bond acceptors (Lipinski definition) is 5. The summed E-state index contributed by atoms with van der Waals surface area (Å²) in [4.78, 5) is 20.0. The van der Waals surface area contributed by atoms with Gasteiger partial charge in [-0.15, -0.1) is 0 Å². The van der Waals surface area contributed by atoms with Crippen LogP contribution >= 0.6 is 0 Å². The Morgan fingerprint density at radius 1 is 1.18 bits per heavy atom. The molecule has 2 heterocycles. The van der Waals surface area contributed by atoms with Crippen molar-refractivity contribution in [3.8, 4) is 17.0 Å². The molecule has 0 aliphatic rings. The molecule has 0 spiro atoms. The summed E-state index contributed by atoms with van der Waals surface area (Å²) in [7, 11) is 0.507. The number of carbonyl (C=O) groups is 1. The van der Waals surface area contributed by atoms with E-state index >= 15 is 0 Å². The van der Waals surface area contributed by atoms with Crippen molar-refractivity contribution in [3.05, 3.63) is 42.2 Å². The van der Waals surface area contributed by atoms with Crippen LogP contribution < -0.4 is 4.74 Å². The second-order valence-electron chi connectivity index (χ2n) is 7.98. The average Bonchev–Trinajstić information content (AvgIpc) is 3.02. The van der Waals surface area contributed by atoms with Crippen LogP contribution in [0.3, 0.4) is 0 Å². The standard InChI is InChI=1S/C21H27N3O3Si/c1-26-18-7-5-16(6-8-18)20-13-19-21(22-14-17(23-19)9-10-25)24(20)15-27-11-12-28(2,3)4/h5-8,10,13-14H,9,11-12,15H2,1-4H3. The van der Waals surface area contributed by atoms with Gasteiger partial charge in [0.15, 0.2) is 5.65 Å². The first kappa shape index (κ1) is 20.2. The second kappa shape index (κ2) is 8.66. The molecule has 2 aromatic heterocycles. The monoisotopic (exact) mass is 397 g/mol. The lowest BCUT2D eigenvalue weighted by atomic mass is 10.1. The van der Waals surface area contributed by atoms with Crippen molar-refractivity contribution in [1.29, 1.82) is 0 Å². The van der Waals surface area contributed by atoms with Crippen LogP contribution in [0.2, 0.25) is 25.7 Å². The van der Waals surface area contributed by atoms with E-state index in [1.807, 2.05) is 34.9 Å². The zero-order valence-corrected chi connectivity index (χ0v) is 17.9. The minimum Gasteiger partial charge on any atom is -0.497 e. The maximum Gasteiger partial charge on any atom is 0.161 e. The lowest BCUT2D eigenvalue weighted by Gasteiger charge is -2.16. The van der Waals surface area contributed by atoms with Gasteiger partial charge in [-0.25, -0.2) is 9.97 Å². The van der Waals surface area contributed by atoms with Crippen LogP contribution in [-0.4, -0.2) is 42.6 Å². The molecule has 0 saturated carbocycles. The highest BCUT2D eigenvalue weighted by Gasteiger charge is 2.16. The normalized spacial score (nSPS) is 11.7. The molecule has 6 nitrogen and oxygen atoms in total. The Hall–Kier alpha value is -2.51. The third kappa shape index (κ3) is 4.85. The lowest BCUT2D eigenvalue weighted by Crippen LogP contribution is -2.22. The van der Waals surface area contributed by atoms with Gasteiger partial charge < -0.3 is 14.3 Å². The van der Waals surface area contributed by atoms with Gasteiger partial charge in [-0.05, 0) is 41.9 Å². The van der Waals surface area contributed by atoms with Crippen LogP contribution in [0.1, 0.15) is 5.69 Å². The fraction of sp³-hybridized carbons (Fsp3) is 0.381. The van der Waals surface area contributed by atoms with E-state index in [1.54, 1.807) is 13.3 Å². The van der Waals surface area contributed by atoms with E-state index in [0.29, 0.717) is 12.4 Å². The molecule has 0 bridgehead atoms. The Morgan fingerprint density at radius 2 is 1.93 bits per heavy atom. The molecule has 0 aliphatic heterocycles. The van der Waals surface area contributed by atoms with E-state index in [0.717, 1.165) is 47.1 Å². The Labute approximate surface area is 166 Å². The number of ether oxygens (including phenoxy) is 2. The zero-order valence-electron chi connectivity index (χ0n) is 16.9. The Balaban J connectivity index is 1.95. The highest BCUT2D eigenvalue weighted by molar-refractivity contribution is 6.76. The predicted molar refractivity (Wildman–Crippen MR) is 113 cm³/mol. The van der Waals surface area contributed by atoms with Gasteiger partial charge in [0.2, 0.25) is 0 Å². The summed E-state index contributed by atoms with van der Waals surface area (Å²) in [6, 6.07) is 11.0. The summed E-state index contributed by atoms with van der Waals surface area (Å²) in [6.07, 6.45) is 2.77. The summed E-state index contributed by atoms with van der Waals surface area (Å²) in [5, 5.41) is 0. The van der Waals surface area contributed by atoms with Crippen LogP contribution in [0, 0.1) is 0 Å². The van der Waals surface area contributed by atoms with E-state index in [4.69, 9.17) is 9.47 Å². The van der Waals surface area contributed by atoms with Gasteiger partial charge in [0.1, 0.15) is 24.3 Å². The number of rotatable bonds is 9. The van der Waals surface area contributed by atoms with E-state index < -0.39 is 8.07 Å². The first-order valence-corrected chi connectivity index (χ1v) is 13.1. The number of nitrogens with zero attached hydrogens (tertiary/aromatic N) is 3. The molecule has 0 amide bonds. The zero-order chi connectivity index (χ0) is 20.1. The highest BCUT2D eigenvalue weighted by Crippen LogP contribution is 2.28. The third-order valence-electron chi connectivity index (χ3n) is 4.54. The van der Waals surface area contributed by atoms with Crippen molar-refractivity contribution in [3.63, 3.8) is 0 Å². The third-order valence-corrected chi connectivity index (χ3v) is 6.25. The van der Waals surface area contributed by atoms with Gasteiger partial charge in [-0.3, -0.25) is 4.57 Å². The summed E-state index contributed by atoms with van der Waals surface area (Å²) in [6.45, 7) is 8.16. The summed E-state index contributed by atoms with van der Waals surface area (Å²) in [5.41, 5.74) is 4.20. The van der Waals surface area contributed by atoms with Crippen LogP contribution in [-0.2, 0) is 22.7 Å². The minimum absolute atomic E-state index is 0.263. The van der Waals surface area contributed by atoms with Gasteiger partial charge >= 0.3 is 0 Å². The van der Waals surface area contributed by atoms with Crippen molar-refractivity contribution < 1.29 is 14.3 Å². The van der Waals surface area contributed by atoms with Gasteiger partial charge in [0.25, 0.3) is 0 Å². The van der Waals surface area contributed by atoms with E-state index in [1.165, 1.54) is 0 Å². The molecule has 3 aromatic rings. The number of benzene rings is 1. The molecule has 3 rings (SSSR count). The smallest absolute Gasteiger partial charge is 0.161 e. The van der Waals surface area contributed by atoms with Gasteiger partial charge in [0, 0.05) is 21.1 Å². The SMILES string of the molecule is COc1ccc(-c2cc3nc(CC=O)cnc3n2COCC[Si](C)(C)C)cc1. The fourth-order valence-corrected chi connectivity index (χ4v) is 3.67. The molecule has 0 saturated heterocycles. The molecule has 0 aliphatic carbocycles. The van der Waals surface area contributed by atoms with Gasteiger partial charge in [-0.2, -0.15) is 0 Å². The molecule has 7 heteroatoms. The summed E-state index contributed by atoms with van der Waals surface area (Å²) in [5.74, 6) is 0.808.